The highest BCUT2D eigenvalue weighted by molar-refractivity contribution is 5.92. The summed E-state index contributed by atoms with van der Waals surface area (Å²) in [6.07, 6.45) is -2.55. The van der Waals surface area contributed by atoms with Gasteiger partial charge in [0.05, 0.1) is 26.8 Å². The summed E-state index contributed by atoms with van der Waals surface area (Å²) in [5.41, 5.74) is 0.523. The first-order valence-electron chi connectivity index (χ1n) is 6.10. The zero-order chi connectivity index (χ0) is 15.0. The van der Waals surface area contributed by atoms with Gasteiger partial charge in [-0.2, -0.15) is 0 Å². The Morgan fingerprint density at radius 3 is 2.85 bits per heavy atom. The number of halogens is 2. The number of ether oxygens (including phenoxy) is 1. The lowest BCUT2D eigenvalue weighted by molar-refractivity contribution is -0.117. The molecule has 0 spiro atoms. The van der Waals surface area contributed by atoms with Crippen LogP contribution in [0, 0.1) is 0 Å². The smallest absolute Gasteiger partial charge is 0.251 e. The first-order valence-corrected chi connectivity index (χ1v) is 6.10. The van der Waals surface area contributed by atoms with Crippen molar-refractivity contribution in [1.82, 2.24) is 4.90 Å². The number of anilines is 1. The number of hydrogen-bond acceptors (Lipinski definition) is 4. The molecule has 0 saturated heterocycles. The molecule has 1 rings (SSSR count). The Morgan fingerprint density at radius 1 is 1.50 bits per heavy atom. The van der Waals surface area contributed by atoms with Crippen molar-refractivity contribution in [2.45, 2.75) is 6.43 Å². The topological polar surface area (TPSA) is 61.8 Å². The van der Waals surface area contributed by atoms with E-state index in [-0.39, 0.29) is 19.7 Å². The van der Waals surface area contributed by atoms with Gasteiger partial charge in [-0.1, -0.05) is 6.07 Å². The van der Waals surface area contributed by atoms with Crippen molar-refractivity contribution in [3.05, 3.63) is 24.3 Å². The number of aliphatic hydroxyl groups excluding tert-OH is 1. The van der Waals surface area contributed by atoms with Crippen LogP contribution in [-0.4, -0.2) is 55.7 Å². The fraction of sp³-hybridized carbons (Fsp3) is 0.462. The first-order chi connectivity index (χ1) is 9.55. The Balaban J connectivity index is 2.55. The Labute approximate surface area is 116 Å². The molecule has 20 heavy (non-hydrogen) atoms. The van der Waals surface area contributed by atoms with Gasteiger partial charge in [-0.3, -0.25) is 9.69 Å². The van der Waals surface area contributed by atoms with Crippen LogP contribution < -0.4 is 10.1 Å². The molecule has 0 aliphatic rings. The van der Waals surface area contributed by atoms with Crippen LogP contribution in [0.3, 0.4) is 0 Å². The molecule has 0 atom stereocenters. The minimum atomic E-state index is -2.55. The normalized spacial score (nSPS) is 10.9. The van der Waals surface area contributed by atoms with Crippen LogP contribution in [0.1, 0.15) is 0 Å². The van der Waals surface area contributed by atoms with E-state index in [0.29, 0.717) is 11.4 Å². The van der Waals surface area contributed by atoms with Gasteiger partial charge in [0.1, 0.15) is 5.75 Å². The van der Waals surface area contributed by atoms with Gasteiger partial charge < -0.3 is 15.2 Å². The minimum absolute atomic E-state index is 0.0237. The van der Waals surface area contributed by atoms with Crippen molar-refractivity contribution in [2.24, 2.45) is 0 Å². The molecule has 0 heterocycles. The molecule has 0 aliphatic heterocycles. The molecular weight excluding hydrogens is 270 g/mol. The molecular formula is C13H18F2N2O3. The van der Waals surface area contributed by atoms with E-state index in [2.05, 4.69) is 5.32 Å². The van der Waals surface area contributed by atoms with Crippen molar-refractivity contribution in [1.29, 1.82) is 0 Å². The Bertz CT molecular complexity index is 430. The molecule has 0 aromatic heterocycles. The van der Waals surface area contributed by atoms with E-state index in [1.54, 1.807) is 24.3 Å². The maximum absolute atomic E-state index is 12.3. The molecule has 7 heteroatoms. The van der Waals surface area contributed by atoms with E-state index >= 15 is 0 Å². The second-order valence-corrected chi connectivity index (χ2v) is 4.13. The van der Waals surface area contributed by atoms with Gasteiger partial charge in [0.2, 0.25) is 5.91 Å². The van der Waals surface area contributed by atoms with Crippen LogP contribution in [0.4, 0.5) is 14.5 Å². The van der Waals surface area contributed by atoms with Crippen molar-refractivity contribution in [3.63, 3.8) is 0 Å². The largest absolute Gasteiger partial charge is 0.497 e. The predicted molar refractivity (Wildman–Crippen MR) is 71.2 cm³/mol. The Morgan fingerprint density at radius 2 is 2.25 bits per heavy atom. The minimum Gasteiger partial charge on any atom is -0.497 e. The van der Waals surface area contributed by atoms with Crippen molar-refractivity contribution in [2.75, 3.05) is 38.7 Å². The van der Waals surface area contributed by atoms with E-state index in [4.69, 9.17) is 9.84 Å². The molecule has 1 aromatic rings. The number of hydrogen-bond donors (Lipinski definition) is 2. The number of rotatable bonds is 8. The van der Waals surface area contributed by atoms with E-state index in [9.17, 15) is 13.6 Å². The van der Waals surface area contributed by atoms with Crippen LogP contribution in [0.2, 0.25) is 0 Å². The second kappa shape index (κ2) is 8.44. The lowest BCUT2D eigenvalue weighted by Gasteiger charge is -2.20. The molecule has 0 unspecified atom stereocenters. The maximum Gasteiger partial charge on any atom is 0.251 e. The monoisotopic (exact) mass is 288 g/mol. The molecule has 5 nitrogen and oxygen atoms in total. The Hall–Kier alpha value is -1.73. The number of nitrogens with zero attached hydrogens (tertiary/aromatic N) is 1. The highest BCUT2D eigenvalue weighted by Gasteiger charge is 2.15. The standard InChI is InChI=1S/C13H18F2N2O3/c1-20-11-4-2-3-10(7-11)16-13(19)9-17(5-6-18)8-12(14)15/h2-4,7,12,18H,5-6,8-9H2,1H3,(H,16,19). The van der Waals surface area contributed by atoms with Crippen molar-refractivity contribution >= 4 is 11.6 Å². The lowest BCUT2D eigenvalue weighted by Crippen LogP contribution is -2.38. The number of alkyl halides is 2. The van der Waals surface area contributed by atoms with E-state index in [0.717, 1.165) is 0 Å². The lowest BCUT2D eigenvalue weighted by atomic mass is 10.3. The van der Waals surface area contributed by atoms with Crippen LogP contribution in [0.15, 0.2) is 24.3 Å². The molecule has 0 radical (unpaired) electrons. The van der Waals surface area contributed by atoms with Gasteiger partial charge >= 0.3 is 0 Å². The molecule has 1 aromatic carbocycles. The molecule has 0 aliphatic carbocycles. The third-order valence-electron chi connectivity index (χ3n) is 2.53. The van der Waals surface area contributed by atoms with Crippen LogP contribution in [0.25, 0.3) is 0 Å². The first kappa shape index (κ1) is 16.3. The van der Waals surface area contributed by atoms with Gasteiger partial charge in [-0.25, -0.2) is 8.78 Å². The molecule has 0 saturated carbocycles. The highest BCUT2D eigenvalue weighted by atomic mass is 19.3. The summed E-state index contributed by atoms with van der Waals surface area (Å²) >= 11 is 0. The van der Waals surface area contributed by atoms with Gasteiger partial charge in [0.15, 0.2) is 0 Å². The molecule has 112 valence electrons. The number of amides is 1. The Kier molecular flexibility index (Phi) is 6.89. The van der Waals surface area contributed by atoms with Crippen LogP contribution in [0.5, 0.6) is 5.75 Å². The zero-order valence-electron chi connectivity index (χ0n) is 11.2. The molecule has 0 bridgehead atoms. The fourth-order valence-electron chi connectivity index (χ4n) is 1.68. The summed E-state index contributed by atoms with van der Waals surface area (Å²) < 4.78 is 29.6. The summed E-state index contributed by atoms with van der Waals surface area (Å²) in [4.78, 5) is 13.0. The third kappa shape index (κ3) is 5.94. The SMILES string of the molecule is COc1cccc(NC(=O)CN(CCO)CC(F)F)c1. The summed E-state index contributed by atoms with van der Waals surface area (Å²) in [7, 11) is 1.51. The number of carbonyl (C=O) groups excluding carboxylic acids is 1. The number of benzene rings is 1. The average Bonchev–Trinajstić information content (AvgIpc) is 2.38. The third-order valence-corrected chi connectivity index (χ3v) is 2.53. The van der Waals surface area contributed by atoms with Crippen molar-refractivity contribution < 1.29 is 23.4 Å². The maximum atomic E-state index is 12.3. The van der Waals surface area contributed by atoms with Gasteiger partial charge in [0.25, 0.3) is 6.43 Å². The second-order valence-electron chi connectivity index (χ2n) is 4.13. The summed E-state index contributed by atoms with van der Waals surface area (Å²) in [6, 6.07) is 6.73. The summed E-state index contributed by atoms with van der Waals surface area (Å²) in [5.74, 6) is 0.162. The molecule has 0 fully saturated rings. The number of nitrogens with one attached hydrogen (secondary N) is 1. The van der Waals surface area contributed by atoms with Crippen LogP contribution >= 0.6 is 0 Å². The highest BCUT2D eigenvalue weighted by Crippen LogP contribution is 2.16. The van der Waals surface area contributed by atoms with Gasteiger partial charge in [-0.05, 0) is 12.1 Å². The summed E-state index contributed by atoms with van der Waals surface area (Å²) in [5, 5.41) is 11.4. The van der Waals surface area contributed by atoms with Gasteiger partial charge in [-0.15, -0.1) is 0 Å². The number of aliphatic hydroxyl groups is 1. The van der Waals surface area contributed by atoms with Gasteiger partial charge in [0, 0.05) is 18.3 Å². The van der Waals surface area contributed by atoms with E-state index in [1.807, 2.05) is 0 Å². The van der Waals surface area contributed by atoms with Crippen molar-refractivity contribution in [3.8, 4) is 5.75 Å². The number of carbonyl (C=O) groups is 1. The number of methoxy groups -OCH3 is 1. The predicted octanol–water partition coefficient (Wildman–Crippen LogP) is 1.19. The van der Waals surface area contributed by atoms with Crippen LogP contribution in [-0.2, 0) is 4.79 Å². The zero-order valence-corrected chi connectivity index (χ0v) is 11.2. The molecule has 2 N–H and O–H groups in total. The van der Waals surface area contributed by atoms with E-state index < -0.39 is 18.9 Å². The fourth-order valence-corrected chi connectivity index (χ4v) is 1.68. The molecule has 1 amide bonds. The quantitative estimate of drug-likeness (QED) is 0.754. The van der Waals surface area contributed by atoms with E-state index in [1.165, 1.54) is 12.0 Å². The average molecular weight is 288 g/mol. The summed E-state index contributed by atoms with van der Waals surface area (Å²) in [6.45, 7) is -1.01.